The number of rotatable bonds is 5. The smallest absolute Gasteiger partial charge is 0.303 e. The average molecular weight is 387 g/mol. The molecule has 7 nitrogen and oxygen atoms in total. The molecule has 138 valence electrons. The lowest BCUT2D eigenvalue weighted by molar-refractivity contribution is -0.515. The molecule has 1 unspecified atom stereocenters. The molecular formula is C16H25ClN5O2S+. The highest BCUT2D eigenvalue weighted by Crippen LogP contribution is 2.18. The van der Waals surface area contributed by atoms with Crippen LogP contribution in [0.5, 0.6) is 0 Å². The number of likely N-dealkylation sites (N-methyl/N-ethyl adjacent to an activating group) is 2. The maximum Gasteiger partial charge on any atom is 0.331 e. The molecule has 2 amide bonds. The third kappa shape index (κ3) is 4.07. The second-order valence-corrected chi connectivity index (χ2v) is 7.03. The Kier molecular flexibility index (Phi) is 6.65. The molecule has 0 N–H and O–H groups in total. The summed E-state index contributed by atoms with van der Waals surface area (Å²) in [6.07, 6.45) is 5.94. The first-order chi connectivity index (χ1) is 11.5. The summed E-state index contributed by atoms with van der Waals surface area (Å²) in [7, 11) is 3.34. The number of amides is 2. The Morgan fingerprint density at radius 3 is 2.64 bits per heavy atom. The normalized spacial score (nSPS) is 23.8. The number of piperidine rings is 1. The van der Waals surface area contributed by atoms with Gasteiger partial charge in [-0.1, -0.05) is 18.6 Å². The molecule has 0 aromatic carbocycles. The van der Waals surface area contributed by atoms with Gasteiger partial charge < -0.3 is 4.90 Å². The van der Waals surface area contributed by atoms with Gasteiger partial charge in [-0.2, -0.15) is 0 Å². The fourth-order valence-electron chi connectivity index (χ4n) is 3.42. The van der Waals surface area contributed by atoms with Crippen molar-refractivity contribution in [2.75, 3.05) is 40.3 Å². The van der Waals surface area contributed by atoms with Crippen molar-refractivity contribution in [2.45, 2.75) is 31.7 Å². The largest absolute Gasteiger partial charge is 0.331 e. The Labute approximate surface area is 159 Å². The third-order valence-corrected chi connectivity index (χ3v) is 5.41. The van der Waals surface area contributed by atoms with Gasteiger partial charge in [0.15, 0.2) is 5.78 Å². The zero-order chi connectivity index (χ0) is 17.3. The van der Waals surface area contributed by atoms with Gasteiger partial charge in [0.1, 0.15) is 11.5 Å². The number of fused-ring (bicyclic) bond motifs is 1. The SMILES string of the molecule is CN1C(=O)N(C)C2=NC=[N+](CC(=O)CCN3CCCCC3)C2C1=S.Cl. The van der Waals surface area contributed by atoms with E-state index >= 15 is 0 Å². The molecule has 0 spiro atoms. The molecule has 9 heteroatoms. The minimum Gasteiger partial charge on any atom is -0.303 e. The number of carbonyl (C=O) groups is 2. The van der Waals surface area contributed by atoms with Crippen LogP contribution >= 0.6 is 24.6 Å². The van der Waals surface area contributed by atoms with Gasteiger partial charge >= 0.3 is 6.03 Å². The first-order valence-corrected chi connectivity index (χ1v) is 8.86. The molecule has 2 fully saturated rings. The maximum absolute atomic E-state index is 12.4. The van der Waals surface area contributed by atoms with E-state index in [1.54, 1.807) is 20.4 Å². The van der Waals surface area contributed by atoms with E-state index in [1.807, 2.05) is 4.58 Å². The summed E-state index contributed by atoms with van der Waals surface area (Å²) >= 11 is 5.41. The highest BCUT2D eigenvalue weighted by Gasteiger charge is 2.48. The van der Waals surface area contributed by atoms with Crippen LogP contribution in [0.15, 0.2) is 4.99 Å². The lowest BCUT2D eigenvalue weighted by Crippen LogP contribution is -2.61. The predicted octanol–water partition coefficient (Wildman–Crippen LogP) is 0.999. The number of thiocarbonyl (C=S) groups is 1. The Bertz CT molecular complexity index is 630. The minimum absolute atomic E-state index is 0. The molecule has 3 heterocycles. The van der Waals surface area contributed by atoms with E-state index in [0.717, 1.165) is 19.6 Å². The van der Waals surface area contributed by atoms with Crippen molar-refractivity contribution in [1.29, 1.82) is 0 Å². The maximum atomic E-state index is 12.4. The summed E-state index contributed by atoms with van der Waals surface area (Å²) in [5.41, 5.74) is 0. The average Bonchev–Trinajstić information content (AvgIpc) is 3.01. The van der Waals surface area contributed by atoms with Crippen LogP contribution in [-0.2, 0) is 4.79 Å². The van der Waals surface area contributed by atoms with Gasteiger partial charge in [-0.3, -0.25) is 14.6 Å². The monoisotopic (exact) mass is 386 g/mol. The molecule has 3 aliphatic rings. The zero-order valence-corrected chi connectivity index (χ0v) is 16.3. The lowest BCUT2D eigenvalue weighted by atomic mass is 10.1. The second kappa shape index (κ2) is 8.33. The minimum atomic E-state index is -0.299. The van der Waals surface area contributed by atoms with E-state index in [9.17, 15) is 9.59 Å². The van der Waals surface area contributed by atoms with E-state index in [2.05, 4.69) is 9.89 Å². The number of amidine groups is 1. The number of aliphatic imine (C=N–C) groups is 1. The Morgan fingerprint density at radius 1 is 1.28 bits per heavy atom. The van der Waals surface area contributed by atoms with Gasteiger partial charge in [0.2, 0.25) is 6.04 Å². The van der Waals surface area contributed by atoms with Crippen LogP contribution < -0.4 is 0 Å². The Balaban J connectivity index is 0.00000225. The van der Waals surface area contributed by atoms with Crippen LogP contribution in [0.4, 0.5) is 4.79 Å². The number of nitrogens with zero attached hydrogens (tertiary/aromatic N) is 5. The van der Waals surface area contributed by atoms with Crippen molar-refractivity contribution < 1.29 is 14.2 Å². The van der Waals surface area contributed by atoms with Crippen LogP contribution in [0.2, 0.25) is 0 Å². The highest BCUT2D eigenvalue weighted by atomic mass is 35.5. The fourth-order valence-corrected chi connectivity index (χ4v) is 3.74. The first-order valence-electron chi connectivity index (χ1n) is 8.45. The first kappa shape index (κ1) is 19.9. The summed E-state index contributed by atoms with van der Waals surface area (Å²) in [5, 5.41) is 0. The number of hydrogen-bond donors (Lipinski definition) is 0. The quantitative estimate of drug-likeness (QED) is 0.522. The van der Waals surface area contributed by atoms with Crippen molar-refractivity contribution in [3.05, 3.63) is 0 Å². The van der Waals surface area contributed by atoms with E-state index in [1.165, 1.54) is 29.1 Å². The number of hydrogen-bond acceptors (Lipinski definition) is 5. The number of carbonyl (C=O) groups excluding carboxylic acids is 2. The molecule has 0 aliphatic carbocycles. The zero-order valence-electron chi connectivity index (χ0n) is 14.7. The number of ketones is 1. The van der Waals surface area contributed by atoms with E-state index in [0.29, 0.717) is 17.2 Å². The molecule has 1 atom stereocenters. The van der Waals surface area contributed by atoms with Crippen molar-refractivity contribution in [1.82, 2.24) is 14.7 Å². The topological polar surface area (TPSA) is 59.2 Å². The summed E-state index contributed by atoms with van der Waals surface area (Å²) < 4.78 is 1.84. The predicted molar refractivity (Wildman–Crippen MR) is 103 cm³/mol. The molecular weight excluding hydrogens is 362 g/mol. The van der Waals surface area contributed by atoms with Crippen molar-refractivity contribution in [2.24, 2.45) is 4.99 Å². The van der Waals surface area contributed by atoms with Crippen molar-refractivity contribution in [3.8, 4) is 0 Å². The van der Waals surface area contributed by atoms with E-state index in [4.69, 9.17) is 12.2 Å². The number of likely N-dealkylation sites (tertiary alicyclic amines) is 1. The molecule has 3 aliphatic heterocycles. The van der Waals surface area contributed by atoms with Gasteiger partial charge in [-0.05, 0) is 30.9 Å². The third-order valence-electron chi connectivity index (χ3n) is 4.91. The van der Waals surface area contributed by atoms with Crippen LogP contribution in [0.1, 0.15) is 25.7 Å². The summed E-state index contributed by atoms with van der Waals surface area (Å²) in [5.74, 6) is 0.783. The molecule has 0 radical (unpaired) electrons. The lowest BCUT2D eigenvalue weighted by Gasteiger charge is -2.32. The highest BCUT2D eigenvalue weighted by molar-refractivity contribution is 7.80. The van der Waals surface area contributed by atoms with Crippen molar-refractivity contribution in [3.63, 3.8) is 0 Å². The molecule has 2 saturated heterocycles. The molecule has 25 heavy (non-hydrogen) atoms. The summed E-state index contributed by atoms with van der Waals surface area (Å²) in [6, 6.07) is -0.492. The Morgan fingerprint density at radius 2 is 1.96 bits per heavy atom. The summed E-state index contributed by atoms with van der Waals surface area (Å²) in [4.78, 5) is 34.5. The second-order valence-electron chi connectivity index (χ2n) is 6.61. The van der Waals surface area contributed by atoms with Crippen molar-refractivity contribution >= 4 is 53.6 Å². The van der Waals surface area contributed by atoms with Crippen LogP contribution in [0.25, 0.3) is 0 Å². The van der Waals surface area contributed by atoms with Gasteiger partial charge in [-0.15, -0.1) is 12.4 Å². The molecule has 0 bridgehead atoms. The fraction of sp³-hybridized carbons (Fsp3) is 0.688. The molecule has 0 aromatic rings. The Hall–Kier alpha value is -1.38. The molecule has 0 saturated carbocycles. The van der Waals surface area contributed by atoms with Crippen LogP contribution in [0, 0.1) is 0 Å². The number of halogens is 1. The van der Waals surface area contributed by atoms with Gasteiger partial charge in [0.05, 0.1) is 0 Å². The molecule has 0 aromatic heterocycles. The van der Waals surface area contributed by atoms with Gasteiger partial charge in [-0.25, -0.2) is 9.37 Å². The van der Waals surface area contributed by atoms with Gasteiger partial charge in [0.25, 0.3) is 12.2 Å². The summed E-state index contributed by atoms with van der Waals surface area (Å²) in [6.45, 7) is 3.30. The van der Waals surface area contributed by atoms with Gasteiger partial charge in [0, 0.05) is 27.1 Å². The van der Waals surface area contributed by atoms with E-state index in [-0.39, 0.29) is 36.8 Å². The number of urea groups is 1. The number of Topliss-reactive ketones (excluding diaryl/α,β-unsaturated/α-hetero) is 1. The molecule has 3 rings (SSSR count). The van der Waals surface area contributed by atoms with Crippen LogP contribution in [0.3, 0.4) is 0 Å². The van der Waals surface area contributed by atoms with Crippen LogP contribution in [-0.4, -0.2) is 94.6 Å². The van der Waals surface area contributed by atoms with E-state index < -0.39 is 0 Å². The standard InChI is InChI=1S/C16H24N5O2S.ClH/c1-18-14-13(15(24)19(2)16(18)23)21(11-17-14)10-12(22)6-9-20-7-4-3-5-8-20;/h11,13H,3-10H2,1-2H3;1H/q+1;.